The number of rotatable bonds is 5. The van der Waals surface area contributed by atoms with Crippen LogP contribution in [0, 0.1) is 0 Å². The Morgan fingerprint density at radius 3 is 2.75 bits per heavy atom. The lowest BCUT2D eigenvalue weighted by atomic mass is 10.3. The summed E-state index contributed by atoms with van der Waals surface area (Å²) in [5.74, 6) is 0.00934. The number of hydrogen-bond donors (Lipinski definition) is 3. The van der Waals surface area contributed by atoms with Crippen LogP contribution in [-0.4, -0.2) is 17.4 Å². The fourth-order valence-corrected chi connectivity index (χ4v) is 2.59. The molecule has 0 aliphatic heterocycles. The second kappa shape index (κ2) is 6.71. The average Bonchev–Trinajstić information content (AvgIpc) is 2.80. The highest BCUT2D eigenvalue weighted by atomic mass is 79.9. The van der Waals surface area contributed by atoms with Gasteiger partial charge >= 0.3 is 0 Å². The first-order chi connectivity index (χ1) is 9.60. The normalized spacial score (nSPS) is 10.3. The zero-order valence-corrected chi connectivity index (χ0v) is 13.3. The van der Waals surface area contributed by atoms with Gasteiger partial charge in [0, 0.05) is 16.7 Å². The third kappa shape index (κ3) is 3.71. The Kier molecular flexibility index (Phi) is 4.97. The summed E-state index contributed by atoms with van der Waals surface area (Å²) >= 11 is 4.61. The first kappa shape index (κ1) is 14.8. The number of carbonyl (C=O) groups excluding carboxylic acids is 1. The summed E-state index contributed by atoms with van der Waals surface area (Å²) in [5.41, 5.74) is 6.50. The predicted molar refractivity (Wildman–Crippen MR) is 87.4 cm³/mol. The minimum absolute atomic E-state index is 0.244. The van der Waals surface area contributed by atoms with Crippen LogP contribution in [0.2, 0.25) is 0 Å². The van der Waals surface area contributed by atoms with Gasteiger partial charge in [-0.3, -0.25) is 4.79 Å². The molecule has 1 heterocycles. The third-order valence-corrected chi connectivity index (χ3v) is 4.04. The summed E-state index contributed by atoms with van der Waals surface area (Å²) in [6.45, 7) is 2.87. The Bertz CT molecular complexity index is 597. The van der Waals surface area contributed by atoms with Gasteiger partial charge in [0.2, 0.25) is 0 Å². The van der Waals surface area contributed by atoms with Gasteiger partial charge in [0.05, 0.1) is 0 Å². The number of thiazole rings is 1. The van der Waals surface area contributed by atoms with Crippen LogP contribution in [0.1, 0.15) is 23.0 Å². The molecule has 0 fully saturated rings. The van der Waals surface area contributed by atoms with Crippen molar-refractivity contribution in [1.29, 1.82) is 0 Å². The number of halogens is 1. The molecule has 0 unspecified atom stereocenters. The molecule has 0 aliphatic carbocycles. The van der Waals surface area contributed by atoms with Crippen molar-refractivity contribution >= 4 is 49.8 Å². The van der Waals surface area contributed by atoms with Crippen molar-refractivity contribution < 1.29 is 4.79 Å². The van der Waals surface area contributed by atoms with E-state index < -0.39 is 0 Å². The molecular formula is C13H15BrN4OS. The van der Waals surface area contributed by atoms with Gasteiger partial charge in [-0.15, -0.1) is 0 Å². The third-order valence-electron chi connectivity index (χ3n) is 2.49. The van der Waals surface area contributed by atoms with E-state index in [-0.39, 0.29) is 11.7 Å². The molecule has 1 aromatic heterocycles. The molecule has 5 nitrogen and oxygen atoms in total. The quantitative estimate of drug-likeness (QED) is 0.766. The van der Waals surface area contributed by atoms with E-state index in [1.165, 1.54) is 11.3 Å². The van der Waals surface area contributed by atoms with Crippen LogP contribution < -0.4 is 16.4 Å². The van der Waals surface area contributed by atoms with Gasteiger partial charge < -0.3 is 16.4 Å². The van der Waals surface area contributed by atoms with Gasteiger partial charge in [-0.25, -0.2) is 4.98 Å². The molecule has 20 heavy (non-hydrogen) atoms. The molecule has 2 aromatic rings. The van der Waals surface area contributed by atoms with E-state index in [0.717, 1.165) is 17.4 Å². The number of benzene rings is 1. The van der Waals surface area contributed by atoms with Crippen LogP contribution in [0.5, 0.6) is 0 Å². The van der Waals surface area contributed by atoms with Crippen LogP contribution >= 0.6 is 27.3 Å². The number of aromatic nitrogens is 1. The maximum absolute atomic E-state index is 12.1. The maximum atomic E-state index is 12.1. The smallest absolute Gasteiger partial charge is 0.269 e. The first-order valence-electron chi connectivity index (χ1n) is 6.17. The lowest BCUT2D eigenvalue weighted by Crippen LogP contribution is -2.12. The molecule has 0 radical (unpaired) electrons. The van der Waals surface area contributed by atoms with Crippen molar-refractivity contribution in [2.45, 2.75) is 13.3 Å². The number of nitrogen functional groups attached to an aromatic ring is 1. The van der Waals surface area contributed by atoms with E-state index in [0.29, 0.717) is 15.7 Å². The fourth-order valence-electron chi connectivity index (χ4n) is 1.52. The lowest BCUT2D eigenvalue weighted by Gasteiger charge is -2.03. The zero-order chi connectivity index (χ0) is 14.5. The topological polar surface area (TPSA) is 80.0 Å². The van der Waals surface area contributed by atoms with Gasteiger partial charge in [0.15, 0.2) is 5.13 Å². The highest BCUT2D eigenvalue weighted by Crippen LogP contribution is 2.26. The van der Waals surface area contributed by atoms with Gasteiger partial charge in [0.25, 0.3) is 5.91 Å². The van der Waals surface area contributed by atoms with Gasteiger partial charge in [-0.1, -0.05) is 34.2 Å². The van der Waals surface area contributed by atoms with E-state index >= 15 is 0 Å². The molecule has 0 aliphatic rings. The minimum atomic E-state index is -0.244. The summed E-state index contributed by atoms with van der Waals surface area (Å²) in [5, 5.41) is 6.59. The Hall–Kier alpha value is -1.60. The van der Waals surface area contributed by atoms with Crippen LogP contribution in [0.15, 0.2) is 28.7 Å². The van der Waals surface area contributed by atoms with Crippen molar-refractivity contribution in [2.75, 3.05) is 22.9 Å². The van der Waals surface area contributed by atoms with Crippen molar-refractivity contribution in [2.24, 2.45) is 0 Å². The number of amides is 1. The Morgan fingerprint density at radius 1 is 1.40 bits per heavy atom. The second-order valence-corrected chi connectivity index (χ2v) is 6.04. The molecule has 1 amide bonds. The van der Waals surface area contributed by atoms with Crippen molar-refractivity contribution in [3.05, 3.63) is 33.6 Å². The number of anilines is 3. The van der Waals surface area contributed by atoms with E-state index in [4.69, 9.17) is 5.73 Å². The highest BCUT2D eigenvalue weighted by Gasteiger charge is 2.16. The van der Waals surface area contributed by atoms with Crippen molar-refractivity contribution in [3.63, 3.8) is 0 Å². The Morgan fingerprint density at radius 2 is 2.10 bits per heavy atom. The summed E-state index contributed by atoms with van der Waals surface area (Å²) < 4.78 is 0.957. The van der Waals surface area contributed by atoms with Crippen LogP contribution in [0.25, 0.3) is 0 Å². The summed E-state index contributed by atoms with van der Waals surface area (Å²) in [6, 6.07) is 7.35. The van der Waals surface area contributed by atoms with Crippen LogP contribution in [0.4, 0.5) is 16.6 Å². The van der Waals surface area contributed by atoms with Gasteiger partial charge in [-0.2, -0.15) is 0 Å². The molecule has 0 saturated heterocycles. The lowest BCUT2D eigenvalue weighted by molar-refractivity contribution is 0.103. The number of nitrogens with zero attached hydrogens (tertiary/aromatic N) is 1. The average molecular weight is 355 g/mol. The standard InChI is InChI=1S/C13H15BrN4OS/c1-2-7-16-13-18-11(15)10(20-13)12(19)17-9-5-3-8(14)4-6-9/h3-6H,2,7,15H2,1H3,(H,16,18)(H,17,19). The van der Waals surface area contributed by atoms with E-state index in [1.54, 1.807) is 0 Å². The van der Waals surface area contributed by atoms with Gasteiger partial charge in [-0.05, 0) is 30.7 Å². The Balaban J connectivity index is 2.08. The molecular weight excluding hydrogens is 340 g/mol. The molecule has 0 atom stereocenters. The molecule has 4 N–H and O–H groups in total. The predicted octanol–water partition coefficient (Wildman–Crippen LogP) is 3.56. The number of nitrogens with one attached hydrogen (secondary N) is 2. The molecule has 0 bridgehead atoms. The number of carbonyl (C=O) groups is 1. The molecule has 2 rings (SSSR count). The summed E-state index contributed by atoms with van der Waals surface area (Å²) in [7, 11) is 0. The molecule has 0 saturated carbocycles. The van der Waals surface area contributed by atoms with E-state index in [1.807, 2.05) is 24.3 Å². The second-order valence-electron chi connectivity index (χ2n) is 4.12. The molecule has 1 aromatic carbocycles. The van der Waals surface area contributed by atoms with Crippen LogP contribution in [-0.2, 0) is 0 Å². The fraction of sp³-hybridized carbons (Fsp3) is 0.231. The minimum Gasteiger partial charge on any atom is -0.382 e. The largest absolute Gasteiger partial charge is 0.382 e. The SMILES string of the molecule is CCCNc1nc(N)c(C(=O)Nc2ccc(Br)cc2)s1. The van der Waals surface area contributed by atoms with Crippen molar-refractivity contribution in [1.82, 2.24) is 4.98 Å². The molecule has 0 spiro atoms. The van der Waals surface area contributed by atoms with E-state index in [2.05, 4.69) is 38.5 Å². The van der Waals surface area contributed by atoms with Crippen molar-refractivity contribution in [3.8, 4) is 0 Å². The number of nitrogens with two attached hydrogens (primary N) is 1. The van der Waals surface area contributed by atoms with Gasteiger partial charge in [0.1, 0.15) is 10.7 Å². The summed E-state index contributed by atoms with van der Waals surface area (Å²) in [4.78, 5) is 16.7. The zero-order valence-electron chi connectivity index (χ0n) is 10.9. The maximum Gasteiger partial charge on any atom is 0.269 e. The monoisotopic (exact) mass is 354 g/mol. The Labute approximate surface area is 129 Å². The van der Waals surface area contributed by atoms with Crippen LogP contribution in [0.3, 0.4) is 0 Å². The summed E-state index contributed by atoms with van der Waals surface area (Å²) in [6.07, 6.45) is 0.986. The van der Waals surface area contributed by atoms with E-state index in [9.17, 15) is 4.79 Å². The molecule has 106 valence electrons. The molecule has 7 heteroatoms. The highest BCUT2D eigenvalue weighted by molar-refractivity contribution is 9.10. The first-order valence-corrected chi connectivity index (χ1v) is 7.78. The number of hydrogen-bond acceptors (Lipinski definition) is 5.